The second-order valence-corrected chi connectivity index (χ2v) is 8.05. The number of anilines is 1. The van der Waals surface area contributed by atoms with E-state index in [1.54, 1.807) is 17.0 Å². The number of hydrogen-bond acceptors (Lipinski definition) is 7. The van der Waals surface area contributed by atoms with Crippen LogP contribution in [-0.4, -0.2) is 39.1 Å². The lowest BCUT2D eigenvalue weighted by Crippen LogP contribution is -2.34. The number of ether oxygens (including phenoxy) is 2. The van der Waals surface area contributed by atoms with Crippen LogP contribution in [0.15, 0.2) is 30.3 Å². The van der Waals surface area contributed by atoms with Gasteiger partial charge in [0.25, 0.3) is 5.91 Å². The molecule has 162 valence electrons. The number of carbonyl (C=O) groups excluding carboxylic acids is 1. The predicted octanol–water partition coefficient (Wildman–Crippen LogP) is 3.33. The lowest BCUT2D eigenvalue weighted by atomic mass is 10.0. The SMILES string of the molecule is CCOc1ccc(CN(CC(C)C)C(=O)c2ccc3nc(N)c4c(c3c2)COC4)nn1. The number of rotatable bonds is 7. The fraction of sp³-hybridized carbons (Fsp3) is 0.391. The summed E-state index contributed by atoms with van der Waals surface area (Å²) in [5, 5.41) is 9.21. The van der Waals surface area contributed by atoms with E-state index in [1.165, 1.54) is 0 Å². The summed E-state index contributed by atoms with van der Waals surface area (Å²) < 4.78 is 10.9. The third kappa shape index (κ3) is 4.44. The smallest absolute Gasteiger partial charge is 0.254 e. The van der Waals surface area contributed by atoms with E-state index in [0.717, 1.165) is 22.0 Å². The molecule has 0 saturated heterocycles. The van der Waals surface area contributed by atoms with Gasteiger partial charge in [-0.3, -0.25) is 4.79 Å². The van der Waals surface area contributed by atoms with Crippen LogP contribution in [-0.2, 0) is 24.5 Å². The molecular weight excluding hydrogens is 394 g/mol. The molecule has 2 aromatic heterocycles. The summed E-state index contributed by atoms with van der Waals surface area (Å²) in [5.74, 6) is 1.22. The monoisotopic (exact) mass is 421 g/mol. The molecule has 1 aliphatic heterocycles. The lowest BCUT2D eigenvalue weighted by molar-refractivity contribution is 0.0720. The first kappa shape index (κ1) is 21.0. The van der Waals surface area contributed by atoms with Gasteiger partial charge in [0, 0.05) is 29.1 Å². The van der Waals surface area contributed by atoms with Crippen LogP contribution in [0.5, 0.6) is 5.88 Å². The molecule has 0 aliphatic carbocycles. The van der Waals surface area contributed by atoms with E-state index < -0.39 is 0 Å². The van der Waals surface area contributed by atoms with Gasteiger partial charge in [-0.1, -0.05) is 13.8 Å². The highest BCUT2D eigenvalue weighted by atomic mass is 16.5. The van der Waals surface area contributed by atoms with Crippen LogP contribution in [0.25, 0.3) is 10.9 Å². The molecule has 0 atom stereocenters. The standard InChI is InChI=1S/C23H27N5O3/c1-4-31-21-8-6-16(26-27-21)11-28(10-14(2)3)23(29)15-5-7-20-17(9-15)18-12-30-13-19(18)22(24)25-20/h5-9,14H,4,10-13H2,1-3H3,(H2,24,25). The summed E-state index contributed by atoms with van der Waals surface area (Å²) in [6.07, 6.45) is 0. The minimum Gasteiger partial charge on any atom is -0.477 e. The van der Waals surface area contributed by atoms with Crippen LogP contribution in [0.3, 0.4) is 0 Å². The first-order chi connectivity index (χ1) is 15.0. The highest BCUT2D eigenvalue weighted by Gasteiger charge is 2.22. The second kappa shape index (κ2) is 8.85. The van der Waals surface area contributed by atoms with Gasteiger partial charge < -0.3 is 20.1 Å². The first-order valence-electron chi connectivity index (χ1n) is 10.5. The van der Waals surface area contributed by atoms with Gasteiger partial charge in [0.1, 0.15) is 5.82 Å². The van der Waals surface area contributed by atoms with E-state index in [9.17, 15) is 4.79 Å². The van der Waals surface area contributed by atoms with Crippen molar-refractivity contribution >= 4 is 22.6 Å². The molecule has 0 spiro atoms. The fourth-order valence-corrected chi connectivity index (χ4v) is 3.80. The van der Waals surface area contributed by atoms with Crippen molar-refractivity contribution < 1.29 is 14.3 Å². The molecule has 4 rings (SSSR count). The Balaban J connectivity index is 1.63. The second-order valence-electron chi connectivity index (χ2n) is 8.05. The Kier molecular flexibility index (Phi) is 5.99. The number of amides is 1. The summed E-state index contributed by atoms with van der Waals surface area (Å²) >= 11 is 0. The molecule has 1 aromatic carbocycles. The van der Waals surface area contributed by atoms with Crippen LogP contribution in [0, 0.1) is 5.92 Å². The maximum Gasteiger partial charge on any atom is 0.254 e. The lowest BCUT2D eigenvalue weighted by Gasteiger charge is -2.24. The minimum atomic E-state index is -0.0595. The maximum absolute atomic E-state index is 13.4. The number of aromatic nitrogens is 3. The van der Waals surface area contributed by atoms with Crippen LogP contribution in [0.4, 0.5) is 5.82 Å². The van der Waals surface area contributed by atoms with Crippen LogP contribution in [0.2, 0.25) is 0 Å². The van der Waals surface area contributed by atoms with Crippen molar-refractivity contribution in [2.75, 3.05) is 18.9 Å². The summed E-state index contributed by atoms with van der Waals surface area (Å²) in [5.41, 5.74) is 10.1. The molecule has 2 N–H and O–H groups in total. The van der Waals surface area contributed by atoms with Crippen LogP contribution < -0.4 is 10.5 Å². The van der Waals surface area contributed by atoms with E-state index in [2.05, 4.69) is 29.0 Å². The van der Waals surface area contributed by atoms with Gasteiger partial charge in [-0.25, -0.2) is 4.98 Å². The molecular formula is C23H27N5O3. The van der Waals surface area contributed by atoms with Crippen molar-refractivity contribution in [2.24, 2.45) is 5.92 Å². The number of nitrogens with zero attached hydrogens (tertiary/aromatic N) is 4. The van der Waals surface area contributed by atoms with Crippen molar-refractivity contribution in [1.29, 1.82) is 0 Å². The topological polar surface area (TPSA) is 103 Å². The Hall–Kier alpha value is -3.26. The first-order valence-corrected chi connectivity index (χ1v) is 10.5. The number of fused-ring (bicyclic) bond motifs is 3. The maximum atomic E-state index is 13.4. The largest absolute Gasteiger partial charge is 0.477 e. The number of benzene rings is 1. The van der Waals surface area contributed by atoms with Gasteiger partial charge in [0.15, 0.2) is 0 Å². The Morgan fingerprint density at radius 2 is 2.00 bits per heavy atom. The van der Waals surface area contributed by atoms with Gasteiger partial charge in [-0.05, 0) is 42.7 Å². The normalized spacial score (nSPS) is 12.9. The van der Waals surface area contributed by atoms with Crippen molar-refractivity contribution in [1.82, 2.24) is 20.1 Å². The number of nitrogens with two attached hydrogens (primary N) is 1. The molecule has 0 radical (unpaired) electrons. The van der Waals surface area contributed by atoms with Crippen molar-refractivity contribution in [3.8, 4) is 5.88 Å². The Morgan fingerprint density at radius 3 is 2.71 bits per heavy atom. The molecule has 3 aromatic rings. The average molecular weight is 422 g/mol. The zero-order chi connectivity index (χ0) is 22.0. The summed E-state index contributed by atoms with van der Waals surface area (Å²) in [6, 6.07) is 9.17. The van der Waals surface area contributed by atoms with Gasteiger partial charge in [0.2, 0.25) is 5.88 Å². The van der Waals surface area contributed by atoms with E-state index in [4.69, 9.17) is 15.2 Å². The van der Waals surface area contributed by atoms with E-state index in [0.29, 0.717) is 61.8 Å². The molecule has 3 heterocycles. The van der Waals surface area contributed by atoms with Crippen molar-refractivity contribution in [3.05, 3.63) is 52.7 Å². The molecule has 31 heavy (non-hydrogen) atoms. The quantitative estimate of drug-likeness (QED) is 0.624. The Labute approximate surface area is 181 Å². The van der Waals surface area contributed by atoms with Gasteiger partial charge >= 0.3 is 0 Å². The number of carbonyl (C=O) groups is 1. The number of nitrogen functional groups attached to an aromatic ring is 1. The molecule has 8 nitrogen and oxygen atoms in total. The summed E-state index contributed by atoms with van der Waals surface area (Å²) in [7, 11) is 0. The Morgan fingerprint density at radius 1 is 1.19 bits per heavy atom. The van der Waals surface area contributed by atoms with Gasteiger partial charge in [0.05, 0.1) is 37.6 Å². The van der Waals surface area contributed by atoms with E-state index >= 15 is 0 Å². The van der Waals surface area contributed by atoms with Crippen molar-refractivity contribution in [2.45, 2.75) is 40.5 Å². The highest BCUT2D eigenvalue weighted by Crippen LogP contribution is 2.31. The zero-order valence-electron chi connectivity index (χ0n) is 18.1. The number of pyridine rings is 1. The Bertz CT molecular complexity index is 1100. The van der Waals surface area contributed by atoms with Crippen LogP contribution >= 0.6 is 0 Å². The third-order valence-electron chi connectivity index (χ3n) is 5.19. The molecule has 1 amide bonds. The number of hydrogen-bond donors (Lipinski definition) is 1. The van der Waals surface area contributed by atoms with E-state index in [-0.39, 0.29) is 5.91 Å². The van der Waals surface area contributed by atoms with Gasteiger partial charge in [-0.15, -0.1) is 5.10 Å². The van der Waals surface area contributed by atoms with Crippen molar-refractivity contribution in [3.63, 3.8) is 0 Å². The third-order valence-corrected chi connectivity index (χ3v) is 5.19. The molecule has 8 heteroatoms. The molecule has 0 fully saturated rings. The minimum absolute atomic E-state index is 0.0595. The summed E-state index contributed by atoms with van der Waals surface area (Å²) in [4.78, 5) is 19.7. The molecule has 1 aliphatic rings. The zero-order valence-corrected chi connectivity index (χ0v) is 18.1. The fourth-order valence-electron chi connectivity index (χ4n) is 3.80. The van der Waals surface area contributed by atoms with E-state index in [1.807, 2.05) is 25.1 Å². The van der Waals surface area contributed by atoms with Gasteiger partial charge in [-0.2, -0.15) is 5.10 Å². The average Bonchev–Trinajstić information content (AvgIpc) is 3.25. The highest BCUT2D eigenvalue weighted by molar-refractivity contribution is 5.99. The molecule has 0 unspecified atom stereocenters. The molecule has 0 saturated carbocycles. The summed E-state index contributed by atoms with van der Waals surface area (Å²) in [6.45, 7) is 8.51. The molecule has 0 bridgehead atoms. The predicted molar refractivity (Wildman–Crippen MR) is 117 cm³/mol. The van der Waals surface area contributed by atoms with Crippen LogP contribution in [0.1, 0.15) is 48.0 Å².